The number of hydrogen-bond acceptors (Lipinski definition) is 9. The minimum Gasteiger partial charge on any atom is -0.477 e. The van der Waals surface area contributed by atoms with Crippen LogP contribution in [0.1, 0.15) is 90.3 Å². The third kappa shape index (κ3) is 16.9. The molecule has 4 aromatic carbocycles. The van der Waals surface area contributed by atoms with E-state index in [1.54, 1.807) is 87.5 Å². The summed E-state index contributed by atoms with van der Waals surface area (Å²) in [5.41, 5.74) is 13.6. The molecule has 0 saturated heterocycles. The average molecular weight is 943 g/mol. The summed E-state index contributed by atoms with van der Waals surface area (Å²) in [6.45, 7) is 5.97. The van der Waals surface area contributed by atoms with Gasteiger partial charge < -0.3 is 46.6 Å². The number of amides is 2. The lowest BCUT2D eigenvalue weighted by atomic mass is 10.2. The zero-order valence-corrected chi connectivity index (χ0v) is 34.6. The highest BCUT2D eigenvalue weighted by molar-refractivity contribution is 5.93. The van der Waals surface area contributed by atoms with Gasteiger partial charge in [-0.3, -0.25) is 24.0 Å². The third-order valence-electron chi connectivity index (χ3n) is 8.60. The van der Waals surface area contributed by atoms with Gasteiger partial charge in [0.1, 0.15) is 17.0 Å². The van der Waals surface area contributed by atoms with Crippen LogP contribution >= 0.6 is 12.4 Å². The summed E-state index contributed by atoms with van der Waals surface area (Å²) in [4.78, 5) is 91.0. The van der Waals surface area contributed by atoms with E-state index < -0.39 is 23.6 Å². The molecule has 8 aromatic rings. The summed E-state index contributed by atoms with van der Waals surface area (Å²) in [5.74, 6) is -1.76. The molecule has 0 unspecified atom stereocenters. The summed E-state index contributed by atoms with van der Waals surface area (Å²) < 4.78 is 5.14. The number of para-hydroxylation sites is 4. The minimum atomic E-state index is -1.13. The van der Waals surface area contributed by atoms with E-state index >= 15 is 0 Å². The van der Waals surface area contributed by atoms with E-state index in [2.05, 4.69) is 25.3 Å². The van der Waals surface area contributed by atoms with Crippen LogP contribution in [0.5, 0.6) is 0 Å². The average Bonchev–Trinajstić information content (AvgIpc) is 3.23. The van der Waals surface area contributed by atoms with E-state index in [1.165, 1.54) is 12.1 Å². The number of aromatic carboxylic acids is 1. The van der Waals surface area contributed by atoms with E-state index in [0.717, 1.165) is 22.8 Å². The first-order valence-electron chi connectivity index (χ1n) is 18.7. The summed E-state index contributed by atoms with van der Waals surface area (Å²) in [6, 6.07) is 33.8. The Morgan fingerprint density at radius 3 is 1.25 bits per heavy atom. The topological polar surface area (TPSA) is 276 Å². The maximum atomic E-state index is 11.9. The molecule has 0 spiro atoms. The van der Waals surface area contributed by atoms with Crippen LogP contribution in [0.4, 0.5) is 4.79 Å². The maximum Gasteiger partial charge on any atom is 0.407 e. The fourth-order valence-corrected chi connectivity index (χ4v) is 5.83. The Kier molecular flexibility index (Phi) is 25.1. The summed E-state index contributed by atoms with van der Waals surface area (Å²) in [6.07, 6.45) is -0.508. The molecular weight excluding hydrogens is 878 g/mol. The molecule has 0 aliphatic heterocycles. The number of primary amides is 1. The number of carboxylic acids is 1. The van der Waals surface area contributed by atoms with Gasteiger partial charge in [0.25, 0.3) is 5.91 Å². The van der Waals surface area contributed by atoms with Crippen molar-refractivity contribution in [2.75, 3.05) is 0 Å². The number of benzene rings is 4. The number of fused-ring (bicyclic) bond motifs is 4. The molecule has 360 valence electrons. The number of aromatic nitrogens is 4. The van der Waals surface area contributed by atoms with Crippen molar-refractivity contribution in [3.05, 3.63) is 185 Å². The Morgan fingerprint density at radius 1 is 0.552 bits per heavy atom. The second-order valence-corrected chi connectivity index (χ2v) is 14.3. The number of alkyl carbamates (subject to hydrolysis) is 1. The van der Waals surface area contributed by atoms with Crippen molar-refractivity contribution in [3.8, 4) is 0 Å². The molecule has 16 nitrogen and oxygen atoms in total. The van der Waals surface area contributed by atoms with Gasteiger partial charge in [0.2, 0.25) is 0 Å². The van der Waals surface area contributed by atoms with E-state index in [1.807, 2.05) is 36.4 Å². The van der Waals surface area contributed by atoms with E-state index in [0.29, 0.717) is 44.8 Å². The van der Waals surface area contributed by atoms with Crippen LogP contribution < -0.4 is 38.5 Å². The highest BCUT2D eigenvalue weighted by Gasteiger charge is 2.16. The Morgan fingerprint density at radius 2 is 0.881 bits per heavy atom. The molecule has 67 heavy (non-hydrogen) atoms. The van der Waals surface area contributed by atoms with Gasteiger partial charge in [-0.05, 0) is 69.3 Å². The first-order chi connectivity index (χ1) is 29.0. The van der Waals surface area contributed by atoms with Gasteiger partial charge >= 0.3 is 12.1 Å². The lowest BCUT2D eigenvalue weighted by molar-refractivity contribution is 0.0522. The normalized spacial score (nSPS) is 9.73. The second-order valence-electron chi connectivity index (χ2n) is 14.3. The van der Waals surface area contributed by atoms with Gasteiger partial charge in [-0.15, -0.1) is 12.4 Å². The molecule has 0 bridgehead atoms. The van der Waals surface area contributed by atoms with Gasteiger partial charge in [0, 0.05) is 85.8 Å². The zero-order chi connectivity index (χ0) is 44.3. The first kappa shape index (κ1) is 61.3. The highest BCUT2D eigenvalue weighted by Crippen LogP contribution is 2.11. The van der Waals surface area contributed by atoms with E-state index in [-0.39, 0.29) is 89.2 Å². The number of aromatic amines is 4. The van der Waals surface area contributed by atoms with Crippen molar-refractivity contribution >= 4 is 74.0 Å². The molecule has 0 aliphatic carbocycles. The number of rotatable bonds is 5. The number of carboxylic acid groups (broad SMARTS) is 1. The number of carbonyl (C=O) groups excluding carboxylic acids is 2. The van der Waals surface area contributed by atoms with Gasteiger partial charge in [-0.1, -0.05) is 85.7 Å². The monoisotopic (exact) mass is 941 g/mol. The molecule has 0 radical (unpaired) electrons. The molecule has 0 aliphatic rings. The molecular formula is C50H64ClN7O9. The summed E-state index contributed by atoms with van der Waals surface area (Å²) >= 11 is 0. The van der Waals surface area contributed by atoms with Crippen molar-refractivity contribution in [2.45, 2.75) is 76.6 Å². The number of carbonyl (C=O) groups is 3. The van der Waals surface area contributed by atoms with E-state index in [9.17, 15) is 33.6 Å². The number of pyridine rings is 4. The van der Waals surface area contributed by atoms with Crippen molar-refractivity contribution in [2.24, 2.45) is 11.5 Å². The molecule has 0 saturated carbocycles. The van der Waals surface area contributed by atoms with E-state index in [4.69, 9.17) is 21.3 Å². The standard InChI is InChI=1S/C15H18N2O3.C10H8N2O2.C10H10N2O.C10H7NO3.5CH4.ClH/c1-15(2,3)20-14(19)16-9-10-8-13(18)11-6-4-5-7-12(11)17-10;11-10(14)8-5-9(13)6-3-1-2-4-7(6)12-8;11-6-7-5-10(13)8-3-1-2-4-9(8)12-7;12-9-5-8(10(13)14)11-7-4-2-1-3-6(7)9;;;;;;/h4-8H,9H2,1-3H3,(H,16,19)(H,17,18);1-5H,(H2,11,14)(H,12,13);1-5H,6,11H2,(H,12,13);1-5H,(H,11,12)(H,13,14);5*1H4;1H. The number of ether oxygens (including phenoxy) is 1. The number of nitrogens with one attached hydrogen (secondary N) is 5. The Balaban J connectivity index is 0. The predicted molar refractivity (Wildman–Crippen MR) is 276 cm³/mol. The molecule has 4 heterocycles. The fourth-order valence-electron chi connectivity index (χ4n) is 5.83. The Labute approximate surface area is 395 Å². The van der Waals surface area contributed by atoms with Gasteiger partial charge in [-0.25, -0.2) is 9.59 Å². The van der Waals surface area contributed by atoms with Gasteiger partial charge in [0.15, 0.2) is 21.7 Å². The summed E-state index contributed by atoms with van der Waals surface area (Å²) in [7, 11) is 0. The lowest BCUT2D eigenvalue weighted by Crippen LogP contribution is -2.32. The van der Waals surface area contributed by atoms with Crippen LogP contribution in [0.25, 0.3) is 43.6 Å². The Hall–Kier alpha value is -7.82. The van der Waals surface area contributed by atoms with Crippen LogP contribution in [-0.2, 0) is 17.8 Å². The largest absolute Gasteiger partial charge is 0.477 e. The minimum absolute atomic E-state index is 0. The molecule has 10 N–H and O–H groups in total. The van der Waals surface area contributed by atoms with Crippen LogP contribution in [-0.4, -0.2) is 48.6 Å². The third-order valence-corrected chi connectivity index (χ3v) is 8.60. The van der Waals surface area contributed by atoms with Crippen LogP contribution in [0.15, 0.2) is 141 Å². The van der Waals surface area contributed by atoms with Crippen molar-refractivity contribution in [1.29, 1.82) is 0 Å². The number of H-pyrrole nitrogens is 4. The number of hydrogen-bond donors (Lipinski definition) is 8. The smallest absolute Gasteiger partial charge is 0.407 e. The number of halogens is 1. The molecule has 0 atom stereocenters. The molecule has 2 amide bonds. The van der Waals surface area contributed by atoms with Crippen molar-refractivity contribution in [3.63, 3.8) is 0 Å². The quantitative estimate of drug-likeness (QED) is 0.0810. The molecule has 4 aromatic heterocycles. The van der Waals surface area contributed by atoms with Crippen molar-refractivity contribution < 1.29 is 24.2 Å². The van der Waals surface area contributed by atoms with Gasteiger partial charge in [-0.2, -0.15) is 0 Å². The van der Waals surface area contributed by atoms with Crippen LogP contribution in [0, 0.1) is 0 Å². The van der Waals surface area contributed by atoms with Crippen molar-refractivity contribution in [1.82, 2.24) is 25.3 Å². The van der Waals surface area contributed by atoms with Crippen LogP contribution in [0.2, 0.25) is 0 Å². The van der Waals surface area contributed by atoms with Crippen LogP contribution in [0.3, 0.4) is 0 Å². The SMILES string of the molecule is C.C.C.C.C.CC(C)(C)OC(=O)NCc1cc(=O)c2ccccc2[nH]1.Cl.NC(=O)c1cc(=O)c2ccccc2[nH]1.NCc1cc(=O)c2ccccc2[nH]1.O=C(O)c1cc(=O)c2ccccc2[nH]1. The summed E-state index contributed by atoms with van der Waals surface area (Å²) in [5, 5.41) is 13.7. The fraction of sp³-hybridized carbons (Fsp3) is 0.220. The first-order valence-corrected chi connectivity index (χ1v) is 18.7. The zero-order valence-electron chi connectivity index (χ0n) is 33.7. The van der Waals surface area contributed by atoms with Gasteiger partial charge in [0.05, 0.1) is 6.54 Å². The predicted octanol–water partition coefficient (Wildman–Crippen LogP) is 9.00. The molecule has 8 rings (SSSR count). The number of nitrogens with two attached hydrogens (primary N) is 2. The lowest BCUT2D eigenvalue weighted by Gasteiger charge is -2.19. The Bertz CT molecular complexity index is 3030. The maximum absolute atomic E-state index is 11.9. The molecule has 17 heteroatoms. The molecule has 0 fully saturated rings. The second kappa shape index (κ2) is 27.5. The highest BCUT2D eigenvalue weighted by atomic mass is 35.5.